The molecule has 0 saturated carbocycles. The van der Waals surface area contributed by atoms with E-state index in [1.807, 2.05) is 6.92 Å². The monoisotopic (exact) mass is 258 g/mol. The predicted octanol–water partition coefficient (Wildman–Crippen LogP) is 2.20. The van der Waals surface area contributed by atoms with Crippen molar-refractivity contribution in [3.8, 4) is 0 Å². The minimum Gasteiger partial charge on any atom is -0.481 e. The third kappa shape index (κ3) is 6.97. The van der Waals surface area contributed by atoms with Gasteiger partial charge in [0.1, 0.15) is 0 Å². The van der Waals surface area contributed by atoms with E-state index < -0.39 is 5.97 Å². The first-order valence-electron chi connectivity index (χ1n) is 7.13. The van der Waals surface area contributed by atoms with E-state index in [0.29, 0.717) is 6.04 Å². The minimum absolute atomic E-state index is 0.0194. The van der Waals surface area contributed by atoms with E-state index in [2.05, 4.69) is 31.0 Å². The van der Waals surface area contributed by atoms with Gasteiger partial charge in [0.15, 0.2) is 0 Å². The van der Waals surface area contributed by atoms with Crippen molar-refractivity contribution >= 4 is 5.97 Å². The predicted molar refractivity (Wildman–Crippen MR) is 75.9 cm³/mol. The maximum absolute atomic E-state index is 10.9. The van der Waals surface area contributed by atoms with Crippen LogP contribution >= 0.6 is 0 Å². The SMILES string of the molecule is CCN(CC)CCCC(C)NC(C)C(C)C(=O)O. The lowest BCUT2D eigenvalue weighted by Gasteiger charge is -2.24. The molecule has 3 unspecified atom stereocenters. The Kier molecular flexibility index (Phi) is 9.02. The highest BCUT2D eigenvalue weighted by Gasteiger charge is 2.20. The van der Waals surface area contributed by atoms with Crippen molar-refractivity contribution in [2.75, 3.05) is 19.6 Å². The van der Waals surface area contributed by atoms with E-state index in [1.165, 1.54) is 0 Å². The number of hydrogen-bond acceptors (Lipinski definition) is 3. The molecule has 3 atom stereocenters. The van der Waals surface area contributed by atoms with Crippen molar-refractivity contribution in [2.24, 2.45) is 5.92 Å². The van der Waals surface area contributed by atoms with Crippen LogP contribution in [0, 0.1) is 5.92 Å². The van der Waals surface area contributed by atoms with E-state index in [1.54, 1.807) is 6.92 Å². The molecule has 2 N–H and O–H groups in total. The molecule has 0 spiro atoms. The van der Waals surface area contributed by atoms with Gasteiger partial charge >= 0.3 is 5.97 Å². The maximum atomic E-state index is 10.9. The summed E-state index contributed by atoms with van der Waals surface area (Å²) in [4.78, 5) is 13.3. The van der Waals surface area contributed by atoms with Crippen molar-refractivity contribution in [1.82, 2.24) is 10.2 Å². The number of carbonyl (C=O) groups is 1. The van der Waals surface area contributed by atoms with Crippen LogP contribution in [-0.4, -0.2) is 47.7 Å². The molecular weight excluding hydrogens is 228 g/mol. The van der Waals surface area contributed by atoms with Crippen LogP contribution in [0.3, 0.4) is 0 Å². The van der Waals surface area contributed by atoms with Crippen molar-refractivity contribution in [1.29, 1.82) is 0 Å². The van der Waals surface area contributed by atoms with Gasteiger partial charge in [0.25, 0.3) is 0 Å². The first kappa shape index (κ1) is 17.4. The lowest BCUT2D eigenvalue weighted by Crippen LogP contribution is -2.41. The van der Waals surface area contributed by atoms with Gasteiger partial charge in [-0.25, -0.2) is 0 Å². The zero-order chi connectivity index (χ0) is 14.1. The summed E-state index contributed by atoms with van der Waals surface area (Å²) in [5, 5.41) is 12.3. The number of hydrogen-bond donors (Lipinski definition) is 2. The number of carboxylic acids is 1. The largest absolute Gasteiger partial charge is 0.481 e. The fraction of sp³-hybridized carbons (Fsp3) is 0.929. The summed E-state index contributed by atoms with van der Waals surface area (Å²) in [5.41, 5.74) is 0. The standard InChI is InChI=1S/C14H30N2O2/c1-6-16(7-2)10-8-9-11(3)15-13(5)12(4)14(17)18/h11-13,15H,6-10H2,1-5H3,(H,17,18). The van der Waals surface area contributed by atoms with Gasteiger partial charge in [-0.15, -0.1) is 0 Å². The molecule has 108 valence electrons. The highest BCUT2D eigenvalue weighted by atomic mass is 16.4. The lowest BCUT2D eigenvalue weighted by atomic mass is 10.0. The Labute approximate surface area is 112 Å². The molecule has 0 bridgehead atoms. The van der Waals surface area contributed by atoms with Crippen LogP contribution in [-0.2, 0) is 4.79 Å². The van der Waals surface area contributed by atoms with Gasteiger partial charge in [-0.05, 0) is 46.3 Å². The summed E-state index contributed by atoms with van der Waals surface area (Å²) in [7, 11) is 0. The average molecular weight is 258 g/mol. The minimum atomic E-state index is -0.731. The summed E-state index contributed by atoms with van der Waals surface area (Å²) in [6.07, 6.45) is 2.25. The quantitative estimate of drug-likeness (QED) is 0.631. The Bertz CT molecular complexity index is 230. The van der Waals surface area contributed by atoms with E-state index in [0.717, 1.165) is 32.5 Å². The molecule has 4 nitrogen and oxygen atoms in total. The first-order chi connectivity index (χ1) is 8.42. The molecule has 0 aliphatic heterocycles. The molecule has 0 aromatic rings. The van der Waals surface area contributed by atoms with Gasteiger partial charge < -0.3 is 15.3 Å². The summed E-state index contributed by atoms with van der Waals surface area (Å²) in [6.45, 7) is 13.5. The first-order valence-corrected chi connectivity index (χ1v) is 7.13. The molecule has 0 rings (SSSR count). The number of rotatable bonds is 10. The fourth-order valence-electron chi connectivity index (χ4n) is 2.05. The second-order valence-electron chi connectivity index (χ2n) is 5.15. The molecule has 0 saturated heterocycles. The number of nitrogens with one attached hydrogen (secondary N) is 1. The van der Waals surface area contributed by atoms with E-state index in [-0.39, 0.29) is 12.0 Å². The van der Waals surface area contributed by atoms with Crippen LogP contribution in [0.5, 0.6) is 0 Å². The Morgan fingerprint density at radius 3 is 2.22 bits per heavy atom. The number of aliphatic carboxylic acids is 1. The Hall–Kier alpha value is -0.610. The topological polar surface area (TPSA) is 52.6 Å². The third-order valence-electron chi connectivity index (χ3n) is 3.69. The van der Waals surface area contributed by atoms with Gasteiger partial charge in [0.05, 0.1) is 5.92 Å². The second-order valence-corrected chi connectivity index (χ2v) is 5.15. The van der Waals surface area contributed by atoms with Crippen LogP contribution in [0.4, 0.5) is 0 Å². The molecule has 0 aliphatic rings. The maximum Gasteiger partial charge on any atom is 0.307 e. The number of nitrogens with zero attached hydrogens (tertiary/aromatic N) is 1. The second kappa shape index (κ2) is 9.34. The van der Waals surface area contributed by atoms with Crippen LogP contribution < -0.4 is 5.32 Å². The molecule has 0 fully saturated rings. The zero-order valence-electron chi connectivity index (χ0n) is 12.6. The molecule has 0 heterocycles. The van der Waals surface area contributed by atoms with Crippen LogP contribution in [0.2, 0.25) is 0 Å². The van der Waals surface area contributed by atoms with Crippen molar-refractivity contribution in [2.45, 2.75) is 59.5 Å². The van der Waals surface area contributed by atoms with E-state index in [9.17, 15) is 4.79 Å². The molecule has 18 heavy (non-hydrogen) atoms. The molecule has 0 radical (unpaired) electrons. The van der Waals surface area contributed by atoms with Crippen LogP contribution in [0.1, 0.15) is 47.5 Å². The van der Waals surface area contributed by atoms with E-state index >= 15 is 0 Å². The van der Waals surface area contributed by atoms with Crippen LogP contribution in [0.25, 0.3) is 0 Å². The average Bonchev–Trinajstić information content (AvgIpc) is 2.33. The van der Waals surface area contributed by atoms with E-state index in [4.69, 9.17) is 5.11 Å². The Morgan fingerprint density at radius 2 is 1.78 bits per heavy atom. The van der Waals surface area contributed by atoms with Crippen molar-refractivity contribution < 1.29 is 9.90 Å². The third-order valence-corrected chi connectivity index (χ3v) is 3.69. The summed E-state index contributed by atoms with van der Waals surface area (Å²) in [6, 6.07) is 0.392. The molecule has 0 aromatic carbocycles. The summed E-state index contributed by atoms with van der Waals surface area (Å²) in [5.74, 6) is -1.07. The van der Waals surface area contributed by atoms with Gasteiger partial charge in [-0.2, -0.15) is 0 Å². The smallest absolute Gasteiger partial charge is 0.307 e. The summed E-state index contributed by atoms with van der Waals surface area (Å²) < 4.78 is 0. The Morgan fingerprint density at radius 1 is 1.22 bits per heavy atom. The highest BCUT2D eigenvalue weighted by Crippen LogP contribution is 2.06. The molecule has 0 aromatic heterocycles. The zero-order valence-corrected chi connectivity index (χ0v) is 12.6. The number of carboxylic acid groups (broad SMARTS) is 1. The molecule has 4 heteroatoms. The molecular formula is C14H30N2O2. The molecule has 0 aliphatic carbocycles. The lowest BCUT2D eigenvalue weighted by molar-refractivity contribution is -0.142. The van der Waals surface area contributed by atoms with Gasteiger partial charge in [-0.1, -0.05) is 20.8 Å². The normalized spacial score (nSPS) is 16.6. The molecule has 0 amide bonds. The van der Waals surface area contributed by atoms with Gasteiger partial charge in [0.2, 0.25) is 0 Å². The van der Waals surface area contributed by atoms with Crippen molar-refractivity contribution in [3.63, 3.8) is 0 Å². The Balaban J connectivity index is 3.83. The van der Waals surface area contributed by atoms with Crippen molar-refractivity contribution in [3.05, 3.63) is 0 Å². The van der Waals surface area contributed by atoms with Gasteiger partial charge in [0, 0.05) is 12.1 Å². The fourth-order valence-corrected chi connectivity index (χ4v) is 2.05. The van der Waals surface area contributed by atoms with Crippen LogP contribution in [0.15, 0.2) is 0 Å². The van der Waals surface area contributed by atoms with Gasteiger partial charge in [-0.3, -0.25) is 4.79 Å². The highest BCUT2D eigenvalue weighted by molar-refractivity contribution is 5.70. The summed E-state index contributed by atoms with van der Waals surface area (Å²) >= 11 is 0.